The minimum atomic E-state index is 0.540. The highest BCUT2D eigenvalue weighted by Gasteiger charge is 2.07. The summed E-state index contributed by atoms with van der Waals surface area (Å²) in [5.41, 5.74) is 9.98. The van der Waals surface area contributed by atoms with E-state index in [1.165, 1.54) is 5.69 Å². The van der Waals surface area contributed by atoms with Crippen molar-refractivity contribution in [1.29, 1.82) is 0 Å². The molecule has 2 rings (SSSR count). The quantitative estimate of drug-likeness (QED) is 0.863. The van der Waals surface area contributed by atoms with Crippen molar-refractivity contribution in [2.75, 3.05) is 0 Å². The van der Waals surface area contributed by atoms with Crippen LogP contribution in [0.1, 0.15) is 29.6 Å². The second-order valence-corrected chi connectivity index (χ2v) is 4.23. The topological polar surface area (TPSA) is 61.7 Å². The lowest BCUT2D eigenvalue weighted by atomic mass is 10.3. The molecule has 2 heterocycles. The lowest BCUT2D eigenvalue weighted by Gasteiger charge is -2.04. The van der Waals surface area contributed by atoms with Gasteiger partial charge in [-0.2, -0.15) is 10.2 Å². The van der Waals surface area contributed by atoms with Crippen molar-refractivity contribution < 1.29 is 0 Å². The van der Waals surface area contributed by atoms with Gasteiger partial charge in [-0.05, 0) is 26.8 Å². The first-order valence-corrected chi connectivity index (χ1v) is 5.90. The van der Waals surface area contributed by atoms with Gasteiger partial charge in [0, 0.05) is 24.8 Å². The molecular formula is C12H19N5. The van der Waals surface area contributed by atoms with E-state index in [1.54, 1.807) is 0 Å². The molecule has 0 saturated heterocycles. The van der Waals surface area contributed by atoms with E-state index in [0.29, 0.717) is 6.54 Å². The van der Waals surface area contributed by atoms with Gasteiger partial charge in [-0.15, -0.1) is 0 Å². The fraction of sp³-hybridized carbons (Fsp3) is 0.500. The summed E-state index contributed by atoms with van der Waals surface area (Å²) >= 11 is 0. The van der Waals surface area contributed by atoms with E-state index in [-0.39, 0.29) is 0 Å². The van der Waals surface area contributed by atoms with Crippen LogP contribution < -0.4 is 5.73 Å². The number of aryl methyl sites for hydroxylation is 3. The predicted octanol–water partition coefficient (Wildman–Crippen LogP) is 1.22. The molecule has 0 radical (unpaired) electrons. The molecule has 2 aromatic heterocycles. The summed E-state index contributed by atoms with van der Waals surface area (Å²) in [7, 11) is 0. The number of nitrogens with two attached hydrogens (primary N) is 1. The Labute approximate surface area is 101 Å². The van der Waals surface area contributed by atoms with Gasteiger partial charge in [0.2, 0.25) is 0 Å². The maximum Gasteiger partial charge on any atom is 0.0828 e. The molecule has 0 aliphatic carbocycles. The van der Waals surface area contributed by atoms with Gasteiger partial charge in [0.1, 0.15) is 0 Å². The van der Waals surface area contributed by atoms with E-state index in [0.717, 1.165) is 30.0 Å². The van der Waals surface area contributed by atoms with Crippen LogP contribution in [0.25, 0.3) is 0 Å². The molecule has 5 nitrogen and oxygen atoms in total. The molecule has 0 atom stereocenters. The van der Waals surface area contributed by atoms with E-state index in [1.807, 2.05) is 29.4 Å². The monoisotopic (exact) mass is 233 g/mol. The maximum atomic E-state index is 5.65. The number of rotatable bonds is 4. The van der Waals surface area contributed by atoms with Crippen LogP contribution in [0.4, 0.5) is 0 Å². The molecule has 0 fully saturated rings. The molecule has 92 valence electrons. The van der Waals surface area contributed by atoms with Gasteiger partial charge in [-0.3, -0.25) is 9.36 Å². The Morgan fingerprint density at radius 3 is 2.65 bits per heavy atom. The third kappa shape index (κ3) is 2.39. The standard InChI is InChI=1S/C12H19N5/c1-4-17-12(5-9(2)14-17)8-16-7-11(6-13)10(3)15-16/h5,7H,4,6,8,13H2,1-3H3. The van der Waals surface area contributed by atoms with Crippen molar-refractivity contribution in [2.45, 2.75) is 40.4 Å². The molecule has 0 aliphatic rings. The Balaban J connectivity index is 2.24. The summed E-state index contributed by atoms with van der Waals surface area (Å²) in [5, 5.41) is 8.88. The largest absolute Gasteiger partial charge is 0.326 e. The van der Waals surface area contributed by atoms with Crippen molar-refractivity contribution in [3.8, 4) is 0 Å². The van der Waals surface area contributed by atoms with E-state index in [4.69, 9.17) is 5.73 Å². The van der Waals surface area contributed by atoms with Gasteiger partial charge in [0.25, 0.3) is 0 Å². The summed E-state index contributed by atoms with van der Waals surface area (Å²) in [6, 6.07) is 2.10. The molecule has 0 amide bonds. The summed E-state index contributed by atoms with van der Waals surface area (Å²) in [4.78, 5) is 0. The maximum absolute atomic E-state index is 5.65. The Kier molecular flexibility index (Phi) is 3.28. The van der Waals surface area contributed by atoms with Crippen molar-refractivity contribution in [2.24, 2.45) is 5.73 Å². The van der Waals surface area contributed by atoms with Gasteiger partial charge in [0.15, 0.2) is 0 Å². The summed E-state index contributed by atoms with van der Waals surface area (Å²) < 4.78 is 3.94. The van der Waals surface area contributed by atoms with E-state index < -0.39 is 0 Å². The molecule has 0 unspecified atom stereocenters. The summed E-state index contributed by atoms with van der Waals surface area (Å²) in [6.45, 7) is 8.26. The van der Waals surface area contributed by atoms with Crippen LogP contribution in [0.15, 0.2) is 12.3 Å². The molecule has 0 bridgehead atoms. The lowest BCUT2D eigenvalue weighted by Crippen LogP contribution is -2.08. The Bertz CT molecular complexity index is 509. The SMILES string of the molecule is CCn1nc(C)cc1Cn1cc(CN)c(C)n1. The highest BCUT2D eigenvalue weighted by atomic mass is 15.3. The molecule has 2 aromatic rings. The predicted molar refractivity (Wildman–Crippen MR) is 66.6 cm³/mol. The van der Waals surface area contributed by atoms with Gasteiger partial charge >= 0.3 is 0 Å². The first-order valence-electron chi connectivity index (χ1n) is 5.90. The molecule has 17 heavy (non-hydrogen) atoms. The second kappa shape index (κ2) is 4.71. The molecule has 2 N–H and O–H groups in total. The molecule has 0 aliphatic heterocycles. The fourth-order valence-corrected chi connectivity index (χ4v) is 2.01. The number of aromatic nitrogens is 4. The normalized spacial score (nSPS) is 11.1. The molecular weight excluding hydrogens is 214 g/mol. The summed E-state index contributed by atoms with van der Waals surface area (Å²) in [5.74, 6) is 0. The molecule has 0 spiro atoms. The first-order chi connectivity index (χ1) is 8.13. The average molecular weight is 233 g/mol. The van der Waals surface area contributed by atoms with Crippen LogP contribution in [-0.2, 0) is 19.6 Å². The number of hydrogen-bond donors (Lipinski definition) is 1. The first kappa shape index (κ1) is 11.9. The molecule has 0 aromatic carbocycles. The number of nitrogens with zero attached hydrogens (tertiary/aromatic N) is 4. The lowest BCUT2D eigenvalue weighted by molar-refractivity contribution is 0.573. The minimum absolute atomic E-state index is 0.540. The Hall–Kier alpha value is -1.62. The molecule has 5 heteroatoms. The van der Waals surface area contributed by atoms with Crippen LogP contribution in [0.5, 0.6) is 0 Å². The third-order valence-electron chi connectivity index (χ3n) is 2.88. The van der Waals surface area contributed by atoms with Gasteiger partial charge in [-0.1, -0.05) is 0 Å². The highest BCUT2D eigenvalue weighted by molar-refractivity contribution is 5.16. The van der Waals surface area contributed by atoms with Crippen molar-refractivity contribution in [1.82, 2.24) is 19.6 Å². The molecule has 0 saturated carbocycles. The minimum Gasteiger partial charge on any atom is -0.326 e. The highest BCUT2D eigenvalue weighted by Crippen LogP contribution is 2.09. The van der Waals surface area contributed by atoms with Crippen LogP contribution in [0, 0.1) is 13.8 Å². The van der Waals surface area contributed by atoms with Crippen LogP contribution in [0.3, 0.4) is 0 Å². The third-order valence-corrected chi connectivity index (χ3v) is 2.88. The summed E-state index contributed by atoms with van der Waals surface area (Å²) in [6.07, 6.45) is 2.01. The Morgan fingerprint density at radius 1 is 1.29 bits per heavy atom. The van der Waals surface area contributed by atoms with Crippen molar-refractivity contribution >= 4 is 0 Å². The smallest absolute Gasteiger partial charge is 0.0828 e. The van der Waals surface area contributed by atoms with Crippen LogP contribution in [0.2, 0.25) is 0 Å². The van der Waals surface area contributed by atoms with Gasteiger partial charge in [-0.25, -0.2) is 0 Å². The second-order valence-electron chi connectivity index (χ2n) is 4.23. The van der Waals surface area contributed by atoms with Crippen LogP contribution >= 0.6 is 0 Å². The van der Waals surface area contributed by atoms with E-state index >= 15 is 0 Å². The van der Waals surface area contributed by atoms with Gasteiger partial charge < -0.3 is 5.73 Å². The van der Waals surface area contributed by atoms with Crippen molar-refractivity contribution in [3.63, 3.8) is 0 Å². The average Bonchev–Trinajstić information content (AvgIpc) is 2.82. The van der Waals surface area contributed by atoms with Crippen molar-refractivity contribution in [3.05, 3.63) is 34.9 Å². The van der Waals surface area contributed by atoms with Crippen LogP contribution in [-0.4, -0.2) is 19.6 Å². The Morgan fingerprint density at radius 2 is 2.06 bits per heavy atom. The zero-order valence-corrected chi connectivity index (χ0v) is 10.6. The van der Waals surface area contributed by atoms with Gasteiger partial charge in [0.05, 0.1) is 23.6 Å². The van der Waals surface area contributed by atoms with E-state index in [2.05, 4.69) is 23.2 Å². The zero-order chi connectivity index (χ0) is 12.4. The number of hydrogen-bond acceptors (Lipinski definition) is 3. The zero-order valence-electron chi connectivity index (χ0n) is 10.6. The fourth-order valence-electron chi connectivity index (χ4n) is 2.01. The van der Waals surface area contributed by atoms with E-state index in [9.17, 15) is 0 Å².